The third-order valence-electron chi connectivity index (χ3n) is 4.70. The predicted molar refractivity (Wildman–Crippen MR) is 88.2 cm³/mol. The van der Waals surface area contributed by atoms with Gasteiger partial charge < -0.3 is 15.0 Å². The van der Waals surface area contributed by atoms with Gasteiger partial charge in [0.1, 0.15) is 5.82 Å². The maximum atomic E-state index is 12.3. The topological polar surface area (TPSA) is 67.4 Å². The van der Waals surface area contributed by atoms with Crippen molar-refractivity contribution < 1.29 is 9.53 Å². The van der Waals surface area contributed by atoms with Crippen molar-refractivity contribution in [2.45, 2.75) is 57.6 Å². The van der Waals surface area contributed by atoms with Crippen LogP contribution in [0.25, 0.3) is 0 Å². The normalized spacial score (nSPS) is 22.3. The Balaban J connectivity index is 1.39. The summed E-state index contributed by atoms with van der Waals surface area (Å²) in [7, 11) is 0. The third kappa shape index (κ3) is 4.64. The molecule has 1 atom stereocenters. The molecule has 1 amide bonds. The number of carbonyl (C=O) groups is 1. The summed E-state index contributed by atoms with van der Waals surface area (Å²) in [5.74, 6) is 1.09. The molecule has 2 aliphatic rings. The minimum Gasteiger partial charge on any atom is -0.378 e. The molecule has 6 heteroatoms. The van der Waals surface area contributed by atoms with Gasteiger partial charge in [-0.2, -0.15) is 5.10 Å². The molecular formula is C17H26N4O2. The molecule has 0 aromatic carbocycles. The Kier molecular flexibility index (Phi) is 5.43. The number of anilines is 1. The first-order chi connectivity index (χ1) is 11.2. The van der Waals surface area contributed by atoms with E-state index in [9.17, 15) is 4.79 Å². The van der Waals surface area contributed by atoms with Gasteiger partial charge in [0.15, 0.2) is 0 Å². The summed E-state index contributed by atoms with van der Waals surface area (Å²) in [6.07, 6.45) is 5.96. The molecule has 3 rings (SSSR count). The molecular weight excluding hydrogens is 292 g/mol. The van der Waals surface area contributed by atoms with Crippen LogP contribution >= 0.6 is 0 Å². The van der Waals surface area contributed by atoms with Crippen molar-refractivity contribution in [1.82, 2.24) is 15.1 Å². The van der Waals surface area contributed by atoms with E-state index in [0.717, 1.165) is 63.3 Å². The van der Waals surface area contributed by atoms with Crippen LogP contribution in [0.2, 0.25) is 0 Å². The molecule has 2 aliphatic heterocycles. The van der Waals surface area contributed by atoms with Crippen molar-refractivity contribution in [2.75, 3.05) is 25.0 Å². The van der Waals surface area contributed by atoms with E-state index in [4.69, 9.17) is 4.74 Å². The first-order valence-corrected chi connectivity index (χ1v) is 8.67. The van der Waals surface area contributed by atoms with E-state index in [1.54, 1.807) is 0 Å². The number of aryl methyl sites for hydroxylation is 1. The van der Waals surface area contributed by atoms with Crippen LogP contribution in [0.15, 0.2) is 12.1 Å². The van der Waals surface area contributed by atoms with Gasteiger partial charge in [0.25, 0.3) is 0 Å². The van der Waals surface area contributed by atoms with Crippen molar-refractivity contribution in [1.29, 1.82) is 0 Å². The number of amides is 1. The van der Waals surface area contributed by atoms with Crippen LogP contribution in [-0.4, -0.2) is 52.8 Å². The van der Waals surface area contributed by atoms with Crippen LogP contribution < -0.4 is 5.32 Å². The van der Waals surface area contributed by atoms with Gasteiger partial charge in [-0.25, -0.2) is 0 Å². The fourth-order valence-electron chi connectivity index (χ4n) is 3.27. The fourth-order valence-corrected chi connectivity index (χ4v) is 3.27. The van der Waals surface area contributed by atoms with Gasteiger partial charge in [-0.05, 0) is 51.2 Å². The molecule has 2 saturated heterocycles. The Morgan fingerprint density at radius 2 is 2.13 bits per heavy atom. The van der Waals surface area contributed by atoms with Crippen molar-refractivity contribution in [2.24, 2.45) is 0 Å². The summed E-state index contributed by atoms with van der Waals surface area (Å²) >= 11 is 0. The lowest BCUT2D eigenvalue weighted by atomic mass is 10.0. The number of rotatable bonds is 5. The zero-order valence-electron chi connectivity index (χ0n) is 13.8. The fraction of sp³-hybridized carbons (Fsp3) is 0.706. The highest BCUT2D eigenvalue weighted by Gasteiger charge is 2.24. The van der Waals surface area contributed by atoms with Gasteiger partial charge in [-0.1, -0.05) is 0 Å². The molecule has 0 spiro atoms. The molecule has 6 nitrogen and oxygen atoms in total. The maximum Gasteiger partial charge on any atom is 0.222 e. The average molecular weight is 318 g/mol. The Bertz CT molecular complexity index is 506. The molecule has 3 heterocycles. The lowest BCUT2D eigenvalue weighted by molar-refractivity contribution is -0.132. The van der Waals surface area contributed by atoms with Gasteiger partial charge in [0.2, 0.25) is 5.91 Å². The number of carbonyl (C=O) groups excluding carboxylic acids is 1. The van der Waals surface area contributed by atoms with E-state index in [1.165, 1.54) is 0 Å². The summed E-state index contributed by atoms with van der Waals surface area (Å²) in [4.78, 5) is 14.3. The van der Waals surface area contributed by atoms with E-state index in [2.05, 4.69) is 15.5 Å². The van der Waals surface area contributed by atoms with E-state index >= 15 is 0 Å². The number of piperidine rings is 1. The van der Waals surface area contributed by atoms with Crippen molar-refractivity contribution >= 4 is 11.7 Å². The van der Waals surface area contributed by atoms with Crippen LogP contribution in [0.4, 0.5) is 5.82 Å². The van der Waals surface area contributed by atoms with E-state index < -0.39 is 0 Å². The van der Waals surface area contributed by atoms with Crippen LogP contribution in [0.3, 0.4) is 0 Å². The second kappa shape index (κ2) is 7.73. The Hall–Kier alpha value is -1.69. The van der Waals surface area contributed by atoms with Crippen molar-refractivity contribution in [3.63, 3.8) is 0 Å². The molecule has 126 valence electrons. The van der Waals surface area contributed by atoms with E-state index in [0.29, 0.717) is 18.6 Å². The van der Waals surface area contributed by atoms with Gasteiger partial charge in [0.05, 0.1) is 11.8 Å². The maximum absolute atomic E-state index is 12.3. The molecule has 1 aromatic heterocycles. The van der Waals surface area contributed by atoms with Gasteiger partial charge in [0, 0.05) is 32.2 Å². The smallest absolute Gasteiger partial charge is 0.222 e. The molecule has 1 aromatic rings. The molecule has 2 fully saturated rings. The summed E-state index contributed by atoms with van der Waals surface area (Å²) in [6, 6.07) is 4.29. The highest BCUT2D eigenvalue weighted by Crippen LogP contribution is 2.19. The number of ether oxygens (including phenoxy) is 1. The summed E-state index contributed by atoms with van der Waals surface area (Å²) < 4.78 is 5.59. The standard InChI is InChI=1S/C17H26N4O2/c1-13-4-6-16(20-19-13)18-14-8-10-21(11-9-14)17(22)7-5-15-3-2-12-23-15/h4,6,14-15H,2-3,5,7-12H2,1H3,(H,18,20). The van der Waals surface area contributed by atoms with Crippen LogP contribution in [0.1, 0.15) is 44.2 Å². The van der Waals surface area contributed by atoms with Gasteiger partial charge in [-0.15, -0.1) is 5.10 Å². The van der Waals surface area contributed by atoms with E-state index in [1.807, 2.05) is 24.0 Å². The first-order valence-electron chi connectivity index (χ1n) is 8.67. The van der Waals surface area contributed by atoms with Gasteiger partial charge in [-0.3, -0.25) is 4.79 Å². The molecule has 1 unspecified atom stereocenters. The quantitative estimate of drug-likeness (QED) is 0.901. The van der Waals surface area contributed by atoms with Crippen molar-refractivity contribution in [3.8, 4) is 0 Å². The second-order valence-corrected chi connectivity index (χ2v) is 6.53. The summed E-state index contributed by atoms with van der Waals surface area (Å²) in [5, 5.41) is 11.6. The molecule has 0 radical (unpaired) electrons. The van der Waals surface area contributed by atoms with Crippen LogP contribution in [0.5, 0.6) is 0 Å². The molecule has 0 bridgehead atoms. The predicted octanol–water partition coefficient (Wildman–Crippen LogP) is 2.15. The number of nitrogens with one attached hydrogen (secondary N) is 1. The second-order valence-electron chi connectivity index (χ2n) is 6.53. The Labute approximate surface area is 137 Å². The zero-order valence-corrected chi connectivity index (χ0v) is 13.8. The zero-order chi connectivity index (χ0) is 16.1. The summed E-state index contributed by atoms with van der Waals surface area (Å²) in [5.41, 5.74) is 0.919. The van der Waals surface area contributed by atoms with Gasteiger partial charge >= 0.3 is 0 Å². The largest absolute Gasteiger partial charge is 0.378 e. The highest BCUT2D eigenvalue weighted by atomic mass is 16.5. The highest BCUT2D eigenvalue weighted by molar-refractivity contribution is 5.76. The third-order valence-corrected chi connectivity index (χ3v) is 4.70. The molecule has 0 aliphatic carbocycles. The summed E-state index contributed by atoms with van der Waals surface area (Å²) in [6.45, 7) is 4.43. The van der Waals surface area contributed by atoms with E-state index in [-0.39, 0.29) is 5.91 Å². The van der Waals surface area contributed by atoms with Crippen LogP contribution in [0, 0.1) is 6.92 Å². The molecule has 0 saturated carbocycles. The SMILES string of the molecule is Cc1ccc(NC2CCN(C(=O)CCC3CCCO3)CC2)nn1. The molecule has 1 N–H and O–H groups in total. The monoisotopic (exact) mass is 318 g/mol. The first kappa shape index (κ1) is 16.2. The Morgan fingerprint density at radius 1 is 1.30 bits per heavy atom. The number of likely N-dealkylation sites (tertiary alicyclic amines) is 1. The number of hydrogen-bond acceptors (Lipinski definition) is 5. The number of hydrogen-bond donors (Lipinski definition) is 1. The number of aromatic nitrogens is 2. The van der Waals surface area contributed by atoms with Crippen molar-refractivity contribution in [3.05, 3.63) is 17.8 Å². The average Bonchev–Trinajstić information content (AvgIpc) is 3.09. The molecule has 23 heavy (non-hydrogen) atoms. The minimum absolute atomic E-state index is 0.272. The Morgan fingerprint density at radius 3 is 2.78 bits per heavy atom. The van der Waals surface area contributed by atoms with Crippen LogP contribution in [-0.2, 0) is 9.53 Å². The lowest BCUT2D eigenvalue weighted by Crippen LogP contribution is -2.42. The minimum atomic E-state index is 0.272. The lowest BCUT2D eigenvalue weighted by Gasteiger charge is -2.32. The number of nitrogens with zero attached hydrogens (tertiary/aromatic N) is 3.